The van der Waals surface area contributed by atoms with Gasteiger partial charge in [-0.1, -0.05) is 41.7 Å². The summed E-state index contributed by atoms with van der Waals surface area (Å²) in [5, 5.41) is 11.9. The lowest BCUT2D eigenvalue weighted by molar-refractivity contribution is 0.0995. The first-order valence-corrected chi connectivity index (χ1v) is 6.81. The number of hydrogen-bond acceptors (Lipinski definition) is 5. The fraction of sp³-hybridized carbons (Fsp3) is 0.0714. The number of carbonyl (C=O) groups is 1. The monoisotopic (exact) mass is 285 g/mol. The molecule has 0 saturated carbocycles. The third-order valence-corrected chi connectivity index (χ3v) is 3.52. The molecule has 0 radical (unpaired) electrons. The number of benzene rings is 1. The number of furan rings is 1. The van der Waals surface area contributed by atoms with Gasteiger partial charge in [0.2, 0.25) is 5.13 Å². The van der Waals surface area contributed by atoms with Gasteiger partial charge in [0.25, 0.3) is 5.91 Å². The zero-order valence-corrected chi connectivity index (χ0v) is 11.5. The van der Waals surface area contributed by atoms with Gasteiger partial charge in [-0.15, -0.1) is 10.2 Å². The van der Waals surface area contributed by atoms with Crippen molar-refractivity contribution in [2.45, 2.75) is 6.92 Å². The molecule has 2 aromatic heterocycles. The Morgan fingerprint density at radius 3 is 2.65 bits per heavy atom. The summed E-state index contributed by atoms with van der Waals surface area (Å²) >= 11 is 1.32. The summed E-state index contributed by atoms with van der Waals surface area (Å²) < 4.78 is 5.25. The van der Waals surface area contributed by atoms with E-state index in [1.165, 1.54) is 11.3 Å². The Hall–Kier alpha value is -2.47. The van der Waals surface area contributed by atoms with Crippen molar-refractivity contribution in [1.29, 1.82) is 0 Å². The maximum absolute atomic E-state index is 11.9. The van der Waals surface area contributed by atoms with Gasteiger partial charge in [0.15, 0.2) is 5.76 Å². The Bertz CT molecular complexity index is 734. The standard InChI is InChI=1S/C14H11N3O2S/c1-9-7-8-11(19-9)12(18)15-14-17-16-13(20-14)10-5-3-2-4-6-10/h2-8H,1H3,(H,15,17,18). The molecule has 0 spiro atoms. The summed E-state index contributed by atoms with van der Waals surface area (Å²) in [6.45, 7) is 1.79. The molecule has 1 amide bonds. The Morgan fingerprint density at radius 1 is 1.15 bits per heavy atom. The molecule has 6 heteroatoms. The van der Waals surface area contributed by atoms with Gasteiger partial charge < -0.3 is 4.42 Å². The van der Waals surface area contributed by atoms with Crippen molar-refractivity contribution in [3.8, 4) is 10.6 Å². The van der Waals surface area contributed by atoms with Gasteiger partial charge in [-0.3, -0.25) is 10.1 Å². The van der Waals surface area contributed by atoms with Gasteiger partial charge in [-0.25, -0.2) is 0 Å². The maximum atomic E-state index is 11.9. The van der Waals surface area contributed by atoms with E-state index in [2.05, 4.69) is 15.5 Å². The highest BCUT2D eigenvalue weighted by Gasteiger charge is 2.13. The maximum Gasteiger partial charge on any atom is 0.293 e. The van der Waals surface area contributed by atoms with E-state index in [1.807, 2.05) is 30.3 Å². The van der Waals surface area contributed by atoms with E-state index in [0.717, 1.165) is 10.6 Å². The number of hydrogen-bond donors (Lipinski definition) is 1. The number of aryl methyl sites for hydroxylation is 1. The zero-order valence-electron chi connectivity index (χ0n) is 10.7. The van der Waals surface area contributed by atoms with Crippen molar-refractivity contribution in [3.63, 3.8) is 0 Å². The fourth-order valence-corrected chi connectivity index (χ4v) is 2.43. The first-order valence-electron chi connectivity index (χ1n) is 5.99. The van der Waals surface area contributed by atoms with Crippen LogP contribution in [-0.2, 0) is 0 Å². The topological polar surface area (TPSA) is 68.0 Å². The molecule has 3 rings (SSSR count). The molecule has 0 aliphatic carbocycles. The van der Waals surface area contributed by atoms with Crippen LogP contribution in [0.25, 0.3) is 10.6 Å². The molecule has 20 heavy (non-hydrogen) atoms. The van der Waals surface area contributed by atoms with Crippen molar-refractivity contribution in [2.75, 3.05) is 5.32 Å². The van der Waals surface area contributed by atoms with Crippen LogP contribution in [0.3, 0.4) is 0 Å². The lowest BCUT2D eigenvalue weighted by Gasteiger charge is -1.96. The summed E-state index contributed by atoms with van der Waals surface area (Å²) in [5.74, 6) is 0.630. The Kier molecular flexibility index (Phi) is 3.30. The molecule has 0 saturated heterocycles. The van der Waals surface area contributed by atoms with Gasteiger partial charge >= 0.3 is 0 Å². The molecular formula is C14H11N3O2S. The number of carbonyl (C=O) groups excluding carboxylic acids is 1. The number of anilines is 1. The predicted molar refractivity (Wildman–Crippen MR) is 76.7 cm³/mol. The average molecular weight is 285 g/mol. The lowest BCUT2D eigenvalue weighted by Crippen LogP contribution is -2.10. The van der Waals surface area contributed by atoms with Gasteiger partial charge in [0.05, 0.1) is 0 Å². The van der Waals surface area contributed by atoms with Crippen molar-refractivity contribution in [1.82, 2.24) is 10.2 Å². The molecular weight excluding hydrogens is 274 g/mol. The Balaban J connectivity index is 1.76. The van der Waals surface area contributed by atoms with Crippen molar-refractivity contribution < 1.29 is 9.21 Å². The SMILES string of the molecule is Cc1ccc(C(=O)Nc2nnc(-c3ccccc3)s2)o1. The Morgan fingerprint density at radius 2 is 1.95 bits per heavy atom. The molecule has 0 aliphatic heterocycles. The quantitative estimate of drug-likeness (QED) is 0.801. The highest BCUT2D eigenvalue weighted by atomic mass is 32.1. The smallest absolute Gasteiger partial charge is 0.293 e. The first kappa shape index (κ1) is 12.6. The molecule has 3 aromatic rings. The van der Waals surface area contributed by atoms with Gasteiger partial charge in [0.1, 0.15) is 10.8 Å². The van der Waals surface area contributed by atoms with E-state index in [9.17, 15) is 4.79 Å². The lowest BCUT2D eigenvalue weighted by atomic mass is 10.2. The second kappa shape index (κ2) is 5.26. The molecule has 100 valence electrons. The van der Waals surface area contributed by atoms with Crippen LogP contribution in [0.15, 0.2) is 46.9 Å². The summed E-state index contributed by atoms with van der Waals surface area (Å²) in [6, 6.07) is 13.1. The summed E-state index contributed by atoms with van der Waals surface area (Å²) in [5.41, 5.74) is 0.972. The molecule has 0 aliphatic rings. The minimum absolute atomic E-state index is 0.263. The summed E-state index contributed by atoms with van der Waals surface area (Å²) in [6.07, 6.45) is 0. The van der Waals surface area contributed by atoms with E-state index < -0.39 is 0 Å². The van der Waals surface area contributed by atoms with E-state index in [-0.39, 0.29) is 11.7 Å². The molecule has 1 aromatic carbocycles. The normalized spacial score (nSPS) is 10.4. The average Bonchev–Trinajstić information content (AvgIpc) is 3.09. The van der Waals surface area contributed by atoms with Crippen LogP contribution in [0.2, 0.25) is 0 Å². The van der Waals surface area contributed by atoms with Crippen LogP contribution < -0.4 is 5.32 Å². The second-order valence-electron chi connectivity index (χ2n) is 4.14. The second-order valence-corrected chi connectivity index (χ2v) is 5.12. The number of aromatic nitrogens is 2. The Labute approximate surface area is 119 Å². The molecule has 0 bridgehead atoms. The van der Waals surface area contributed by atoms with Crippen LogP contribution in [0.5, 0.6) is 0 Å². The summed E-state index contributed by atoms with van der Waals surface area (Å²) in [4.78, 5) is 11.9. The van der Waals surface area contributed by atoms with E-state index >= 15 is 0 Å². The van der Waals surface area contributed by atoms with Crippen molar-refractivity contribution >= 4 is 22.4 Å². The third-order valence-electron chi connectivity index (χ3n) is 2.63. The highest BCUT2D eigenvalue weighted by Crippen LogP contribution is 2.26. The molecule has 1 N–H and O–H groups in total. The van der Waals surface area contributed by atoms with Gasteiger partial charge in [0, 0.05) is 5.56 Å². The van der Waals surface area contributed by atoms with Crippen LogP contribution in [0, 0.1) is 6.92 Å². The molecule has 5 nitrogen and oxygen atoms in total. The van der Waals surface area contributed by atoms with Crippen molar-refractivity contribution in [3.05, 3.63) is 54.0 Å². The predicted octanol–water partition coefficient (Wildman–Crippen LogP) is 3.36. The van der Waals surface area contributed by atoms with E-state index in [0.29, 0.717) is 10.9 Å². The van der Waals surface area contributed by atoms with Crippen molar-refractivity contribution in [2.24, 2.45) is 0 Å². The van der Waals surface area contributed by atoms with Gasteiger partial charge in [-0.05, 0) is 19.1 Å². The summed E-state index contributed by atoms with van der Waals surface area (Å²) in [7, 11) is 0. The molecule has 0 fully saturated rings. The zero-order chi connectivity index (χ0) is 13.9. The number of nitrogens with one attached hydrogen (secondary N) is 1. The van der Waals surface area contributed by atoms with Crippen LogP contribution in [0.4, 0.5) is 5.13 Å². The number of rotatable bonds is 3. The minimum atomic E-state index is -0.325. The molecule has 0 unspecified atom stereocenters. The van der Waals surface area contributed by atoms with Crippen LogP contribution in [0.1, 0.15) is 16.3 Å². The van der Waals surface area contributed by atoms with Gasteiger partial charge in [-0.2, -0.15) is 0 Å². The number of nitrogens with zero attached hydrogens (tertiary/aromatic N) is 2. The highest BCUT2D eigenvalue weighted by molar-refractivity contribution is 7.18. The largest absolute Gasteiger partial charge is 0.456 e. The van der Waals surface area contributed by atoms with E-state index in [1.54, 1.807) is 19.1 Å². The minimum Gasteiger partial charge on any atom is -0.456 e. The number of amides is 1. The third kappa shape index (κ3) is 2.60. The van der Waals surface area contributed by atoms with Crippen LogP contribution >= 0.6 is 11.3 Å². The first-order chi connectivity index (χ1) is 9.72. The van der Waals surface area contributed by atoms with E-state index in [4.69, 9.17) is 4.42 Å². The molecule has 2 heterocycles. The van der Waals surface area contributed by atoms with Crippen LogP contribution in [-0.4, -0.2) is 16.1 Å². The molecule has 0 atom stereocenters. The fourth-order valence-electron chi connectivity index (χ4n) is 1.69.